The third-order valence-electron chi connectivity index (χ3n) is 4.72. The van der Waals surface area contributed by atoms with E-state index >= 15 is 0 Å². The Bertz CT molecular complexity index is 1240. The number of hydrogen-bond donors (Lipinski definition) is 2. The number of carbonyl (C=O) groups excluding carboxylic acids is 1. The molecule has 2 aromatic carbocycles. The molecule has 146 valence electrons. The van der Waals surface area contributed by atoms with Crippen molar-refractivity contribution in [2.24, 2.45) is 0 Å². The molecule has 0 atom stereocenters. The Morgan fingerprint density at radius 2 is 1.93 bits per heavy atom. The zero-order valence-electron chi connectivity index (χ0n) is 16.1. The summed E-state index contributed by atoms with van der Waals surface area (Å²) in [6, 6.07) is 18.5. The van der Waals surface area contributed by atoms with Gasteiger partial charge in [0.25, 0.3) is 5.56 Å². The highest BCUT2D eigenvalue weighted by molar-refractivity contribution is 5.90. The largest absolute Gasteiger partial charge is 0.465 e. The van der Waals surface area contributed by atoms with Crippen LogP contribution in [0.25, 0.3) is 16.7 Å². The molecular formula is C22H20N4O3. The number of carbonyl (C=O) groups is 1. The van der Waals surface area contributed by atoms with Crippen LogP contribution in [0.4, 0.5) is 5.69 Å². The molecule has 0 saturated heterocycles. The standard InChI is InChI=1S/C22H20N4O3/c1-14-19-12-16(13-23-17-8-6-7-15(11-17)22(28)29-2)21(27)24-20(19)26(25-14)18-9-4-3-5-10-18/h3-12,23H,13H2,1-2H3,(H,24,27). The molecule has 0 bridgehead atoms. The molecule has 0 aliphatic carbocycles. The number of aromatic nitrogens is 3. The number of nitrogens with one attached hydrogen (secondary N) is 2. The number of rotatable bonds is 5. The highest BCUT2D eigenvalue weighted by Crippen LogP contribution is 2.20. The highest BCUT2D eigenvalue weighted by atomic mass is 16.5. The third kappa shape index (κ3) is 3.62. The Morgan fingerprint density at radius 1 is 1.14 bits per heavy atom. The number of pyridine rings is 1. The monoisotopic (exact) mass is 388 g/mol. The first-order valence-electron chi connectivity index (χ1n) is 9.16. The van der Waals surface area contributed by atoms with Gasteiger partial charge in [-0.05, 0) is 43.3 Å². The SMILES string of the molecule is COC(=O)c1cccc(NCc2cc3c(C)nn(-c4ccccc4)c3[nH]c2=O)c1. The first-order valence-corrected chi connectivity index (χ1v) is 9.16. The van der Waals surface area contributed by atoms with Crippen molar-refractivity contribution in [1.29, 1.82) is 0 Å². The van der Waals surface area contributed by atoms with Gasteiger partial charge in [0, 0.05) is 23.2 Å². The molecule has 2 aromatic heterocycles. The number of hydrogen-bond acceptors (Lipinski definition) is 5. The number of ether oxygens (including phenoxy) is 1. The van der Waals surface area contributed by atoms with E-state index in [-0.39, 0.29) is 5.56 Å². The van der Waals surface area contributed by atoms with Crippen molar-refractivity contribution in [1.82, 2.24) is 14.8 Å². The molecule has 29 heavy (non-hydrogen) atoms. The van der Waals surface area contributed by atoms with Crippen LogP contribution < -0.4 is 10.9 Å². The lowest BCUT2D eigenvalue weighted by molar-refractivity contribution is 0.0601. The Labute approximate surface area is 167 Å². The predicted octanol–water partition coefficient (Wildman–Crippen LogP) is 3.42. The second kappa shape index (κ2) is 7.63. The molecule has 7 heteroatoms. The van der Waals surface area contributed by atoms with Crippen molar-refractivity contribution in [3.05, 3.63) is 87.8 Å². The Morgan fingerprint density at radius 3 is 2.69 bits per heavy atom. The molecule has 0 aliphatic rings. The van der Waals surface area contributed by atoms with Crippen molar-refractivity contribution < 1.29 is 9.53 Å². The summed E-state index contributed by atoms with van der Waals surface area (Å²) in [5.74, 6) is -0.406. The van der Waals surface area contributed by atoms with E-state index in [4.69, 9.17) is 4.74 Å². The predicted molar refractivity (Wildman–Crippen MR) is 112 cm³/mol. The zero-order valence-corrected chi connectivity index (χ0v) is 16.1. The lowest BCUT2D eigenvalue weighted by Gasteiger charge is -2.08. The number of nitrogens with zero attached hydrogens (tertiary/aromatic N) is 2. The smallest absolute Gasteiger partial charge is 0.337 e. The van der Waals surface area contributed by atoms with Gasteiger partial charge >= 0.3 is 5.97 Å². The molecule has 0 unspecified atom stereocenters. The molecule has 0 spiro atoms. The summed E-state index contributed by atoms with van der Waals surface area (Å²) in [6.07, 6.45) is 0. The van der Waals surface area contributed by atoms with Crippen LogP contribution in [0, 0.1) is 6.92 Å². The van der Waals surface area contributed by atoms with Gasteiger partial charge < -0.3 is 15.0 Å². The van der Waals surface area contributed by atoms with Crippen LogP contribution in [0.5, 0.6) is 0 Å². The van der Waals surface area contributed by atoms with E-state index in [1.807, 2.05) is 49.4 Å². The Balaban J connectivity index is 1.64. The van der Waals surface area contributed by atoms with E-state index in [2.05, 4.69) is 15.4 Å². The average Bonchev–Trinajstić information content (AvgIpc) is 3.07. The lowest BCUT2D eigenvalue weighted by atomic mass is 10.1. The summed E-state index contributed by atoms with van der Waals surface area (Å²) in [4.78, 5) is 27.3. The number of anilines is 1. The number of fused-ring (bicyclic) bond motifs is 1. The molecule has 2 N–H and O–H groups in total. The first kappa shape index (κ1) is 18.5. The van der Waals surface area contributed by atoms with E-state index < -0.39 is 5.97 Å². The van der Waals surface area contributed by atoms with Gasteiger partial charge in [-0.1, -0.05) is 24.3 Å². The summed E-state index contributed by atoms with van der Waals surface area (Å²) in [7, 11) is 1.34. The quantitative estimate of drug-likeness (QED) is 0.512. The molecule has 0 fully saturated rings. The van der Waals surface area contributed by atoms with E-state index in [0.717, 1.165) is 22.5 Å². The zero-order chi connectivity index (χ0) is 20.4. The van der Waals surface area contributed by atoms with Crippen LogP contribution in [0.1, 0.15) is 21.6 Å². The highest BCUT2D eigenvalue weighted by Gasteiger charge is 2.13. The van der Waals surface area contributed by atoms with Crippen LogP contribution >= 0.6 is 0 Å². The van der Waals surface area contributed by atoms with Crippen LogP contribution in [-0.2, 0) is 11.3 Å². The van der Waals surface area contributed by atoms with Crippen LogP contribution in [0.3, 0.4) is 0 Å². The van der Waals surface area contributed by atoms with Crippen molar-refractivity contribution in [3.63, 3.8) is 0 Å². The van der Waals surface area contributed by atoms with Gasteiger partial charge in [-0.25, -0.2) is 9.48 Å². The summed E-state index contributed by atoms with van der Waals surface area (Å²) >= 11 is 0. The van der Waals surface area contributed by atoms with E-state index in [0.29, 0.717) is 23.3 Å². The molecule has 0 saturated carbocycles. The third-order valence-corrected chi connectivity index (χ3v) is 4.72. The topological polar surface area (TPSA) is 89.0 Å². The fourth-order valence-corrected chi connectivity index (χ4v) is 3.22. The van der Waals surface area contributed by atoms with Crippen LogP contribution in [0.15, 0.2) is 65.5 Å². The maximum atomic E-state index is 12.7. The normalized spacial score (nSPS) is 10.8. The second-order valence-electron chi connectivity index (χ2n) is 6.64. The summed E-state index contributed by atoms with van der Waals surface area (Å²) in [5.41, 5.74) is 3.93. The maximum absolute atomic E-state index is 12.7. The van der Waals surface area contributed by atoms with Gasteiger partial charge in [0.05, 0.1) is 24.1 Å². The number of methoxy groups -OCH3 is 1. The molecule has 2 heterocycles. The van der Waals surface area contributed by atoms with Crippen LogP contribution in [-0.4, -0.2) is 27.8 Å². The molecule has 4 aromatic rings. The summed E-state index contributed by atoms with van der Waals surface area (Å²) in [5, 5.41) is 8.65. The molecule has 4 rings (SSSR count). The van der Waals surface area contributed by atoms with Crippen molar-refractivity contribution in [3.8, 4) is 5.69 Å². The number of aromatic amines is 1. The number of aryl methyl sites for hydroxylation is 1. The summed E-state index contributed by atoms with van der Waals surface area (Å²) in [6.45, 7) is 2.23. The van der Waals surface area contributed by atoms with Gasteiger partial charge in [-0.2, -0.15) is 5.10 Å². The van der Waals surface area contributed by atoms with E-state index in [1.54, 1.807) is 22.9 Å². The van der Waals surface area contributed by atoms with Gasteiger partial charge in [0.2, 0.25) is 0 Å². The maximum Gasteiger partial charge on any atom is 0.337 e. The van der Waals surface area contributed by atoms with Gasteiger partial charge in [-0.15, -0.1) is 0 Å². The van der Waals surface area contributed by atoms with Crippen molar-refractivity contribution in [2.75, 3.05) is 12.4 Å². The minimum atomic E-state index is -0.406. The summed E-state index contributed by atoms with van der Waals surface area (Å²) < 4.78 is 6.48. The number of para-hydroxylation sites is 1. The van der Waals surface area contributed by atoms with Gasteiger partial charge in [0.1, 0.15) is 5.65 Å². The number of benzene rings is 2. The Hall–Kier alpha value is -3.87. The Kier molecular flexibility index (Phi) is 4.87. The second-order valence-corrected chi connectivity index (χ2v) is 6.64. The van der Waals surface area contributed by atoms with Crippen molar-refractivity contribution in [2.45, 2.75) is 13.5 Å². The van der Waals surface area contributed by atoms with Crippen LogP contribution in [0.2, 0.25) is 0 Å². The first-order chi connectivity index (χ1) is 14.1. The van der Waals surface area contributed by atoms with Gasteiger partial charge in [-0.3, -0.25) is 4.79 Å². The minimum absolute atomic E-state index is 0.189. The molecule has 0 aliphatic heterocycles. The fraction of sp³-hybridized carbons (Fsp3) is 0.136. The van der Waals surface area contributed by atoms with Crippen molar-refractivity contribution >= 4 is 22.7 Å². The van der Waals surface area contributed by atoms with E-state index in [9.17, 15) is 9.59 Å². The fourth-order valence-electron chi connectivity index (χ4n) is 3.22. The molecular weight excluding hydrogens is 368 g/mol. The molecule has 0 amide bonds. The molecule has 7 nitrogen and oxygen atoms in total. The minimum Gasteiger partial charge on any atom is -0.465 e. The number of H-pyrrole nitrogens is 1. The average molecular weight is 388 g/mol. The number of esters is 1. The molecule has 0 radical (unpaired) electrons. The lowest BCUT2D eigenvalue weighted by Crippen LogP contribution is -2.16. The van der Waals surface area contributed by atoms with Gasteiger partial charge in [0.15, 0.2) is 0 Å². The van der Waals surface area contributed by atoms with E-state index in [1.165, 1.54) is 7.11 Å².